The van der Waals surface area contributed by atoms with Gasteiger partial charge < -0.3 is 15.0 Å². The Morgan fingerprint density at radius 1 is 0.860 bits per heavy atom. The van der Waals surface area contributed by atoms with Crippen LogP contribution in [0.1, 0.15) is 45.9 Å². The fraction of sp³-hybridized carbons (Fsp3) is 0.206. The minimum atomic E-state index is -1.07. The number of rotatable bonds is 9. The van der Waals surface area contributed by atoms with Crippen molar-refractivity contribution < 1.29 is 24.0 Å². The summed E-state index contributed by atoms with van der Waals surface area (Å²) in [5.74, 6) is -2.09. The molecule has 4 unspecified atom stereocenters. The van der Waals surface area contributed by atoms with Crippen molar-refractivity contribution in [1.29, 1.82) is 0 Å². The highest BCUT2D eigenvalue weighted by Gasteiger charge is 2.56. The third-order valence-electron chi connectivity index (χ3n) is 7.89. The average molecular weight is 578 g/mol. The molecule has 43 heavy (non-hydrogen) atoms. The number of methoxy groups -OCH3 is 1. The van der Waals surface area contributed by atoms with Crippen LogP contribution in [-0.4, -0.2) is 40.6 Å². The van der Waals surface area contributed by atoms with Gasteiger partial charge in [-0.2, -0.15) is 0 Å². The molecule has 218 valence electrons. The molecule has 1 fully saturated rings. The van der Waals surface area contributed by atoms with Crippen molar-refractivity contribution in [1.82, 2.24) is 10.2 Å². The Labute approximate surface area is 249 Å². The number of hydrogen-bond acceptors (Lipinski definition) is 6. The van der Waals surface area contributed by atoms with E-state index in [0.29, 0.717) is 22.4 Å². The smallest absolute Gasteiger partial charge is 0.269 e. The molecule has 1 N–H and O–H groups in total. The van der Waals surface area contributed by atoms with Gasteiger partial charge in [-0.15, -0.1) is 0 Å². The van der Waals surface area contributed by atoms with Crippen molar-refractivity contribution in [3.8, 4) is 5.75 Å². The molecule has 4 atom stereocenters. The zero-order valence-corrected chi connectivity index (χ0v) is 23.8. The minimum absolute atomic E-state index is 0.171. The summed E-state index contributed by atoms with van der Waals surface area (Å²) in [5.41, 5.74) is 2.19. The second kappa shape index (κ2) is 12.7. The third-order valence-corrected chi connectivity index (χ3v) is 7.89. The standard InChI is InChI=1S/C34H31N3O6/c1-22(38)36-31(26-14-9-15-27(20-26)37(41)42)30(33(39)25-12-7-4-8-13-25)29(24-10-5-3-6-11-24)32(36)34(40)35-21-23-16-18-28(43-2)19-17-23/h3-20,29-32H,21H2,1-2H3,(H,35,40). The molecule has 0 aromatic heterocycles. The summed E-state index contributed by atoms with van der Waals surface area (Å²) in [6, 6.07) is 29.0. The van der Waals surface area contributed by atoms with Crippen molar-refractivity contribution in [3.63, 3.8) is 0 Å². The maximum atomic E-state index is 14.4. The van der Waals surface area contributed by atoms with E-state index in [-0.39, 0.29) is 18.0 Å². The number of ketones is 1. The maximum Gasteiger partial charge on any atom is 0.269 e. The zero-order valence-electron chi connectivity index (χ0n) is 23.8. The summed E-state index contributed by atoms with van der Waals surface area (Å²) < 4.78 is 5.22. The van der Waals surface area contributed by atoms with E-state index in [4.69, 9.17) is 4.74 Å². The predicted molar refractivity (Wildman–Crippen MR) is 160 cm³/mol. The lowest BCUT2D eigenvalue weighted by atomic mass is 9.76. The first kappa shape index (κ1) is 29.2. The SMILES string of the molecule is COc1ccc(CNC(=O)C2C(c3ccccc3)C(C(=O)c3ccccc3)C(c3cccc([N+](=O)[O-])c3)N2C(C)=O)cc1. The molecule has 9 nitrogen and oxygen atoms in total. The highest BCUT2D eigenvalue weighted by molar-refractivity contribution is 6.01. The normalized spacial score (nSPS) is 19.4. The van der Waals surface area contributed by atoms with Gasteiger partial charge in [0.25, 0.3) is 5.69 Å². The van der Waals surface area contributed by atoms with Gasteiger partial charge in [-0.3, -0.25) is 24.5 Å². The summed E-state index contributed by atoms with van der Waals surface area (Å²) in [6.07, 6.45) is 0. The number of non-ortho nitro benzene ring substituents is 1. The van der Waals surface area contributed by atoms with E-state index in [1.807, 2.05) is 42.5 Å². The van der Waals surface area contributed by atoms with Gasteiger partial charge in [0.05, 0.1) is 24.0 Å². The van der Waals surface area contributed by atoms with Gasteiger partial charge in [-0.1, -0.05) is 84.9 Å². The molecule has 4 aromatic carbocycles. The summed E-state index contributed by atoms with van der Waals surface area (Å²) in [4.78, 5) is 54.6. The van der Waals surface area contributed by atoms with Crippen LogP contribution < -0.4 is 10.1 Å². The molecule has 0 saturated carbocycles. The highest BCUT2D eigenvalue weighted by atomic mass is 16.6. The van der Waals surface area contributed by atoms with Crippen LogP contribution in [0, 0.1) is 16.0 Å². The molecule has 0 radical (unpaired) electrons. The Hall–Kier alpha value is -5.31. The number of amides is 2. The molecule has 0 spiro atoms. The molecular weight excluding hydrogens is 546 g/mol. The van der Waals surface area contributed by atoms with Crippen LogP contribution in [0.4, 0.5) is 5.69 Å². The molecule has 1 heterocycles. The maximum absolute atomic E-state index is 14.4. The van der Waals surface area contributed by atoms with Crippen molar-refractivity contribution >= 4 is 23.3 Å². The number of nitro benzene ring substituents is 1. The van der Waals surface area contributed by atoms with Gasteiger partial charge in [0.15, 0.2) is 5.78 Å². The Morgan fingerprint density at radius 2 is 1.49 bits per heavy atom. The summed E-state index contributed by atoms with van der Waals surface area (Å²) >= 11 is 0. The number of nitrogens with zero attached hydrogens (tertiary/aromatic N) is 2. The van der Waals surface area contributed by atoms with E-state index in [0.717, 1.165) is 5.56 Å². The summed E-state index contributed by atoms with van der Waals surface area (Å²) in [6.45, 7) is 1.54. The van der Waals surface area contributed by atoms with Gasteiger partial charge in [0.1, 0.15) is 11.8 Å². The molecule has 5 rings (SSSR count). The number of carbonyl (C=O) groups is 3. The molecule has 9 heteroatoms. The van der Waals surface area contributed by atoms with E-state index in [1.165, 1.54) is 30.0 Å². The molecule has 2 amide bonds. The lowest BCUT2D eigenvalue weighted by molar-refractivity contribution is -0.385. The first-order valence-corrected chi connectivity index (χ1v) is 13.9. The lowest BCUT2D eigenvalue weighted by Gasteiger charge is -2.30. The number of carbonyl (C=O) groups excluding carboxylic acids is 3. The number of likely N-dealkylation sites (tertiary alicyclic amines) is 1. The van der Waals surface area contributed by atoms with Gasteiger partial charge in [-0.05, 0) is 28.8 Å². The molecule has 4 aromatic rings. The van der Waals surface area contributed by atoms with Crippen molar-refractivity contribution in [3.05, 3.63) is 142 Å². The number of nitrogens with one attached hydrogen (secondary N) is 1. The largest absolute Gasteiger partial charge is 0.497 e. The van der Waals surface area contributed by atoms with Crippen LogP contribution >= 0.6 is 0 Å². The predicted octanol–water partition coefficient (Wildman–Crippen LogP) is 5.47. The Morgan fingerprint density at radius 3 is 2.09 bits per heavy atom. The number of nitro groups is 1. The van der Waals surface area contributed by atoms with E-state index >= 15 is 0 Å². The van der Waals surface area contributed by atoms with Gasteiger partial charge >= 0.3 is 0 Å². The van der Waals surface area contributed by atoms with Crippen LogP contribution in [0.15, 0.2) is 109 Å². The van der Waals surface area contributed by atoms with Crippen LogP contribution in [-0.2, 0) is 16.1 Å². The van der Waals surface area contributed by atoms with E-state index in [2.05, 4.69) is 5.32 Å². The fourth-order valence-corrected chi connectivity index (χ4v) is 5.99. The quantitative estimate of drug-likeness (QED) is 0.160. The van der Waals surface area contributed by atoms with Crippen LogP contribution in [0.2, 0.25) is 0 Å². The Bertz CT molecular complexity index is 1630. The summed E-state index contributed by atoms with van der Waals surface area (Å²) in [7, 11) is 1.57. The van der Waals surface area contributed by atoms with Crippen LogP contribution in [0.5, 0.6) is 5.75 Å². The van der Waals surface area contributed by atoms with Gasteiger partial charge in [0, 0.05) is 37.1 Å². The van der Waals surface area contributed by atoms with E-state index in [1.54, 1.807) is 55.6 Å². The van der Waals surface area contributed by atoms with Crippen molar-refractivity contribution in [2.75, 3.05) is 7.11 Å². The zero-order chi connectivity index (χ0) is 30.5. The fourth-order valence-electron chi connectivity index (χ4n) is 5.99. The minimum Gasteiger partial charge on any atom is -0.497 e. The van der Waals surface area contributed by atoms with E-state index in [9.17, 15) is 24.5 Å². The molecular formula is C34H31N3O6. The van der Waals surface area contributed by atoms with E-state index < -0.39 is 40.7 Å². The molecule has 1 aliphatic heterocycles. The molecule has 0 aliphatic carbocycles. The van der Waals surface area contributed by atoms with Crippen molar-refractivity contribution in [2.24, 2.45) is 5.92 Å². The van der Waals surface area contributed by atoms with Gasteiger partial charge in [0.2, 0.25) is 11.8 Å². The first-order chi connectivity index (χ1) is 20.8. The third kappa shape index (κ3) is 6.01. The second-order valence-corrected chi connectivity index (χ2v) is 10.4. The van der Waals surface area contributed by atoms with Gasteiger partial charge in [-0.25, -0.2) is 0 Å². The van der Waals surface area contributed by atoms with Crippen molar-refractivity contribution in [2.45, 2.75) is 31.5 Å². The molecule has 0 bridgehead atoms. The summed E-state index contributed by atoms with van der Waals surface area (Å²) in [5, 5.41) is 14.7. The van der Waals surface area contributed by atoms with Crippen LogP contribution in [0.25, 0.3) is 0 Å². The average Bonchev–Trinajstić information content (AvgIpc) is 3.41. The number of ether oxygens (including phenoxy) is 1. The van der Waals surface area contributed by atoms with Crippen LogP contribution in [0.3, 0.4) is 0 Å². The number of Topliss-reactive ketones (excluding diaryl/α,β-unsaturated/α-hetero) is 1. The number of benzene rings is 4. The first-order valence-electron chi connectivity index (χ1n) is 13.9. The lowest BCUT2D eigenvalue weighted by Crippen LogP contribution is -2.47. The molecule has 1 aliphatic rings. The highest BCUT2D eigenvalue weighted by Crippen LogP contribution is 2.51. The second-order valence-electron chi connectivity index (χ2n) is 10.4. The topological polar surface area (TPSA) is 119 Å². The monoisotopic (exact) mass is 577 g/mol. The Balaban J connectivity index is 1.65. The molecule has 1 saturated heterocycles. The number of hydrogen-bond donors (Lipinski definition) is 1. The Kier molecular flexibility index (Phi) is 8.61.